The van der Waals surface area contributed by atoms with Gasteiger partial charge in [0, 0.05) is 17.2 Å². The maximum atomic E-state index is 14.8. The summed E-state index contributed by atoms with van der Waals surface area (Å²) in [6.07, 6.45) is -2.11. The van der Waals surface area contributed by atoms with Crippen LogP contribution in [0.25, 0.3) is 22.4 Å². The molecule has 3 aromatic rings. The first-order chi connectivity index (χ1) is 14.6. The molecule has 0 radical (unpaired) electrons. The summed E-state index contributed by atoms with van der Waals surface area (Å²) < 4.78 is 54.3. The molecule has 6 nitrogen and oxygen atoms in total. The van der Waals surface area contributed by atoms with Crippen LogP contribution in [0.1, 0.15) is 22.8 Å². The predicted octanol–water partition coefficient (Wildman–Crippen LogP) is 3.66. The zero-order valence-electron chi connectivity index (χ0n) is 16.2. The minimum atomic E-state index is -4.67. The Labute approximate surface area is 174 Å². The molecule has 0 fully saturated rings. The lowest BCUT2D eigenvalue weighted by Gasteiger charge is -2.16. The van der Waals surface area contributed by atoms with Gasteiger partial charge in [0.15, 0.2) is 0 Å². The summed E-state index contributed by atoms with van der Waals surface area (Å²) >= 11 is 0. The van der Waals surface area contributed by atoms with Crippen molar-refractivity contribution in [2.75, 3.05) is 12.3 Å². The van der Waals surface area contributed by atoms with Gasteiger partial charge in [-0.25, -0.2) is 9.37 Å². The zero-order chi connectivity index (χ0) is 22.8. The number of hydrogen-bond donors (Lipinski definition) is 3. The van der Waals surface area contributed by atoms with Gasteiger partial charge in [0.25, 0.3) is 5.91 Å². The third-order valence-corrected chi connectivity index (χ3v) is 4.47. The molecule has 0 bridgehead atoms. The van der Waals surface area contributed by atoms with E-state index in [0.29, 0.717) is 6.07 Å². The van der Waals surface area contributed by atoms with E-state index in [9.17, 15) is 22.4 Å². The first kappa shape index (κ1) is 22.2. The molecule has 162 valence electrons. The van der Waals surface area contributed by atoms with E-state index < -0.39 is 36.1 Å². The second-order valence-corrected chi connectivity index (χ2v) is 6.84. The van der Waals surface area contributed by atoms with Crippen molar-refractivity contribution >= 4 is 11.7 Å². The number of aliphatic hydroxyl groups is 1. The molecule has 0 saturated heterocycles. The van der Waals surface area contributed by atoms with Crippen LogP contribution in [-0.2, 0) is 6.18 Å². The van der Waals surface area contributed by atoms with Crippen molar-refractivity contribution in [1.29, 1.82) is 0 Å². The Hall–Kier alpha value is -3.53. The summed E-state index contributed by atoms with van der Waals surface area (Å²) in [4.78, 5) is 20.4. The van der Waals surface area contributed by atoms with Gasteiger partial charge in [-0.05, 0) is 42.3 Å². The van der Waals surface area contributed by atoms with E-state index in [0.717, 1.165) is 18.2 Å². The number of carbonyl (C=O) groups excluding carboxylic acids is 1. The van der Waals surface area contributed by atoms with Crippen LogP contribution in [0.15, 0.2) is 48.8 Å². The third kappa shape index (κ3) is 4.97. The molecule has 1 heterocycles. The van der Waals surface area contributed by atoms with Crippen LogP contribution in [0.5, 0.6) is 0 Å². The maximum Gasteiger partial charge on any atom is 0.416 e. The number of halogens is 4. The van der Waals surface area contributed by atoms with E-state index in [2.05, 4.69) is 15.3 Å². The molecule has 10 heteroatoms. The lowest BCUT2D eigenvalue weighted by molar-refractivity contribution is -0.137. The van der Waals surface area contributed by atoms with Gasteiger partial charge in [0.1, 0.15) is 11.6 Å². The number of aliphatic hydroxyl groups excluding tert-OH is 1. The molecular weight excluding hydrogens is 416 g/mol. The molecule has 3 rings (SSSR count). The second-order valence-electron chi connectivity index (χ2n) is 6.84. The summed E-state index contributed by atoms with van der Waals surface area (Å²) in [6.45, 7) is 1.10. The summed E-state index contributed by atoms with van der Waals surface area (Å²) in [5, 5.41) is 11.5. The predicted molar refractivity (Wildman–Crippen MR) is 106 cm³/mol. The van der Waals surface area contributed by atoms with Gasteiger partial charge < -0.3 is 16.2 Å². The molecule has 4 N–H and O–H groups in total. The van der Waals surface area contributed by atoms with E-state index in [1.54, 1.807) is 0 Å². The number of alkyl halides is 3. The van der Waals surface area contributed by atoms with Gasteiger partial charge in [-0.2, -0.15) is 13.2 Å². The SMILES string of the molecule is C[C@H](CO)NC(=O)c1cc(C(F)(F)F)ccc1-c1ccc(-c2cnc(N)cn2)c(F)c1. The molecule has 31 heavy (non-hydrogen) atoms. The number of benzene rings is 2. The highest BCUT2D eigenvalue weighted by Gasteiger charge is 2.32. The molecule has 1 atom stereocenters. The molecule has 1 aromatic heterocycles. The number of nitrogens with zero attached hydrogens (tertiary/aromatic N) is 2. The first-order valence-corrected chi connectivity index (χ1v) is 9.11. The number of carbonyl (C=O) groups is 1. The van der Waals surface area contributed by atoms with Crippen LogP contribution in [0, 0.1) is 5.82 Å². The fourth-order valence-corrected chi connectivity index (χ4v) is 2.87. The van der Waals surface area contributed by atoms with Crippen molar-refractivity contribution in [3.05, 3.63) is 65.7 Å². The number of rotatable bonds is 5. The highest BCUT2D eigenvalue weighted by Crippen LogP contribution is 2.34. The van der Waals surface area contributed by atoms with Gasteiger partial charge >= 0.3 is 6.18 Å². The van der Waals surface area contributed by atoms with Gasteiger partial charge in [0.2, 0.25) is 0 Å². The standard InChI is InChI=1S/C21H18F4N4O2/c1-11(10-30)29-20(31)16-7-13(21(23,24)25)3-5-14(16)12-2-4-15(17(22)6-12)18-8-28-19(26)9-27-18/h2-9,11,30H,10H2,1H3,(H2,26,28)(H,29,31)/t11-/m1/s1. The van der Waals surface area contributed by atoms with Crippen molar-refractivity contribution in [1.82, 2.24) is 15.3 Å². The van der Waals surface area contributed by atoms with E-state index in [1.165, 1.54) is 31.5 Å². The van der Waals surface area contributed by atoms with Crippen molar-refractivity contribution in [3.8, 4) is 22.4 Å². The number of aromatic nitrogens is 2. The number of hydrogen-bond acceptors (Lipinski definition) is 5. The average molecular weight is 434 g/mol. The molecule has 0 aliphatic heterocycles. The molecular formula is C21H18F4N4O2. The normalized spacial score (nSPS) is 12.5. The van der Waals surface area contributed by atoms with Crippen LogP contribution in [0.2, 0.25) is 0 Å². The number of nitrogens with one attached hydrogen (secondary N) is 1. The minimum absolute atomic E-state index is 0.101. The molecule has 0 spiro atoms. The maximum absolute atomic E-state index is 14.8. The van der Waals surface area contributed by atoms with Crippen molar-refractivity contribution in [2.45, 2.75) is 19.1 Å². The van der Waals surface area contributed by atoms with E-state index in [-0.39, 0.29) is 33.8 Å². The molecule has 0 unspecified atom stereocenters. The van der Waals surface area contributed by atoms with Gasteiger partial charge in [0.05, 0.1) is 30.3 Å². The van der Waals surface area contributed by atoms with Gasteiger partial charge in [-0.1, -0.05) is 12.1 Å². The molecule has 0 aliphatic carbocycles. The van der Waals surface area contributed by atoms with E-state index in [1.807, 2.05) is 0 Å². The Bertz CT molecular complexity index is 1100. The fraction of sp³-hybridized carbons (Fsp3) is 0.190. The lowest BCUT2D eigenvalue weighted by atomic mass is 9.95. The highest BCUT2D eigenvalue weighted by atomic mass is 19.4. The summed E-state index contributed by atoms with van der Waals surface area (Å²) in [5.41, 5.74) is 4.79. The molecule has 2 aromatic carbocycles. The van der Waals surface area contributed by atoms with Crippen molar-refractivity contribution in [3.63, 3.8) is 0 Å². The largest absolute Gasteiger partial charge is 0.416 e. The average Bonchev–Trinajstić information content (AvgIpc) is 2.73. The van der Waals surface area contributed by atoms with Crippen LogP contribution in [-0.4, -0.2) is 33.6 Å². The van der Waals surface area contributed by atoms with E-state index >= 15 is 0 Å². The highest BCUT2D eigenvalue weighted by molar-refractivity contribution is 6.01. The van der Waals surface area contributed by atoms with Crippen LogP contribution in [0.3, 0.4) is 0 Å². The Morgan fingerprint density at radius 2 is 1.84 bits per heavy atom. The van der Waals surface area contributed by atoms with Gasteiger partial charge in [-0.3, -0.25) is 9.78 Å². The quantitative estimate of drug-likeness (QED) is 0.532. The van der Waals surface area contributed by atoms with Crippen LogP contribution in [0.4, 0.5) is 23.4 Å². The third-order valence-electron chi connectivity index (χ3n) is 4.47. The van der Waals surface area contributed by atoms with Crippen LogP contribution >= 0.6 is 0 Å². The fourth-order valence-electron chi connectivity index (χ4n) is 2.87. The van der Waals surface area contributed by atoms with Crippen LogP contribution < -0.4 is 11.1 Å². The number of nitrogens with two attached hydrogens (primary N) is 1. The summed E-state index contributed by atoms with van der Waals surface area (Å²) in [5.74, 6) is -1.36. The Balaban J connectivity index is 2.07. The number of amides is 1. The molecule has 0 aliphatic rings. The van der Waals surface area contributed by atoms with Gasteiger partial charge in [-0.15, -0.1) is 0 Å². The molecule has 1 amide bonds. The Morgan fingerprint density at radius 3 is 2.42 bits per heavy atom. The summed E-state index contributed by atoms with van der Waals surface area (Å²) in [6, 6.07) is 5.90. The Kier molecular flexibility index (Phi) is 6.21. The minimum Gasteiger partial charge on any atom is -0.394 e. The zero-order valence-corrected chi connectivity index (χ0v) is 16.2. The number of anilines is 1. The Morgan fingerprint density at radius 1 is 1.13 bits per heavy atom. The second kappa shape index (κ2) is 8.68. The monoisotopic (exact) mass is 434 g/mol. The number of nitrogen functional groups attached to an aromatic ring is 1. The molecule has 0 saturated carbocycles. The summed E-state index contributed by atoms with van der Waals surface area (Å²) in [7, 11) is 0. The van der Waals surface area contributed by atoms with E-state index in [4.69, 9.17) is 10.8 Å². The van der Waals surface area contributed by atoms with Crippen molar-refractivity contribution < 1.29 is 27.5 Å². The first-order valence-electron chi connectivity index (χ1n) is 9.11. The topological polar surface area (TPSA) is 101 Å². The lowest BCUT2D eigenvalue weighted by Crippen LogP contribution is -2.35. The smallest absolute Gasteiger partial charge is 0.394 e. The van der Waals surface area contributed by atoms with Crippen molar-refractivity contribution in [2.24, 2.45) is 0 Å².